The lowest BCUT2D eigenvalue weighted by Crippen LogP contribution is -2.20. The zero-order valence-corrected chi connectivity index (χ0v) is 6.98. The number of hydrogen-bond acceptors (Lipinski definition) is 4. The van der Waals surface area contributed by atoms with Crippen LogP contribution in [0, 0.1) is 13.8 Å². The molecule has 0 aliphatic carbocycles. The number of pyridine rings is 1. The minimum Gasteiger partial charge on any atom is -0.512 e. The standard InChI is InChI=1S/C7H10BNO3/c1-5-3-7(12-8(10)11)4-6(2)9-5/h3-4,10-11H,1-2H3. The number of rotatable bonds is 2. The number of hydrogen-bond donors (Lipinski definition) is 2. The normalized spacial score (nSPS) is 9.67. The van der Waals surface area contributed by atoms with Gasteiger partial charge in [-0.05, 0) is 26.0 Å². The van der Waals surface area contributed by atoms with Crippen molar-refractivity contribution in [1.29, 1.82) is 0 Å². The third kappa shape index (κ3) is 2.52. The molecular weight excluding hydrogens is 157 g/mol. The first-order chi connectivity index (χ1) is 5.58. The van der Waals surface area contributed by atoms with Gasteiger partial charge in [-0.15, -0.1) is 0 Å². The van der Waals surface area contributed by atoms with E-state index in [1.165, 1.54) is 0 Å². The highest BCUT2D eigenvalue weighted by Gasteiger charge is 2.11. The minimum absolute atomic E-state index is 0.412. The fourth-order valence-electron chi connectivity index (χ4n) is 0.986. The first kappa shape index (κ1) is 9.03. The molecule has 0 aliphatic heterocycles. The van der Waals surface area contributed by atoms with E-state index in [-0.39, 0.29) is 0 Å². The van der Waals surface area contributed by atoms with Crippen LogP contribution in [0.3, 0.4) is 0 Å². The average Bonchev–Trinajstić information content (AvgIpc) is 1.81. The van der Waals surface area contributed by atoms with Gasteiger partial charge in [0.25, 0.3) is 0 Å². The van der Waals surface area contributed by atoms with Gasteiger partial charge < -0.3 is 14.7 Å². The topological polar surface area (TPSA) is 62.6 Å². The second kappa shape index (κ2) is 3.56. The van der Waals surface area contributed by atoms with Crippen LogP contribution in [0.1, 0.15) is 11.4 Å². The number of aromatic nitrogens is 1. The Morgan fingerprint density at radius 3 is 2.17 bits per heavy atom. The van der Waals surface area contributed by atoms with Crippen molar-refractivity contribution in [2.24, 2.45) is 0 Å². The van der Waals surface area contributed by atoms with Gasteiger partial charge in [0, 0.05) is 11.4 Å². The van der Waals surface area contributed by atoms with Gasteiger partial charge in [-0.2, -0.15) is 0 Å². The molecule has 0 saturated carbocycles. The molecule has 1 aromatic rings. The van der Waals surface area contributed by atoms with Crippen molar-refractivity contribution in [2.45, 2.75) is 13.8 Å². The molecule has 64 valence electrons. The molecule has 5 heteroatoms. The third-order valence-corrected chi connectivity index (χ3v) is 1.30. The third-order valence-electron chi connectivity index (χ3n) is 1.30. The summed E-state index contributed by atoms with van der Waals surface area (Å²) in [5.74, 6) is 0.412. The van der Waals surface area contributed by atoms with Crippen molar-refractivity contribution in [2.75, 3.05) is 0 Å². The van der Waals surface area contributed by atoms with Gasteiger partial charge in [0.05, 0.1) is 0 Å². The molecule has 0 amide bonds. The van der Waals surface area contributed by atoms with Crippen molar-refractivity contribution >= 4 is 7.32 Å². The van der Waals surface area contributed by atoms with E-state index in [9.17, 15) is 0 Å². The highest BCUT2D eigenvalue weighted by atomic mass is 16.6. The first-order valence-corrected chi connectivity index (χ1v) is 3.56. The van der Waals surface area contributed by atoms with E-state index in [1.54, 1.807) is 12.1 Å². The Kier molecular flexibility index (Phi) is 2.67. The lowest BCUT2D eigenvalue weighted by molar-refractivity contribution is 0.288. The van der Waals surface area contributed by atoms with Crippen LogP contribution in [0.5, 0.6) is 5.75 Å². The molecule has 2 N–H and O–H groups in total. The average molecular weight is 167 g/mol. The Labute approximate surface area is 71.0 Å². The van der Waals surface area contributed by atoms with Crippen LogP contribution in [0.2, 0.25) is 0 Å². The Bertz CT molecular complexity index is 257. The molecule has 4 nitrogen and oxygen atoms in total. The number of aryl methyl sites for hydroxylation is 2. The monoisotopic (exact) mass is 167 g/mol. The molecule has 0 spiro atoms. The van der Waals surface area contributed by atoms with Gasteiger partial charge in [-0.1, -0.05) is 0 Å². The van der Waals surface area contributed by atoms with Crippen LogP contribution >= 0.6 is 0 Å². The van der Waals surface area contributed by atoms with E-state index >= 15 is 0 Å². The van der Waals surface area contributed by atoms with Crippen molar-refractivity contribution < 1.29 is 14.7 Å². The van der Waals surface area contributed by atoms with E-state index in [0.29, 0.717) is 5.75 Å². The van der Waals surface area contributed by atoms with Crippen LogP contribution in [0.15, 0.2) is 12.1 Å². The van der Waals surface area contributed by atoms with Gasteiger partial charge in [0.15, 0.2) is 0 Å². The van der Waals surface area contributed by atoms with Gasteiger partial charge in [0.2, 0.25) is 0 Å². The van der Waals surface area contributed by atoms with Crippen LogP contribution in [-0.4, -0.2) is 22.4 Å². The van der Waals surface area contributed by atoms with Gasteiger partial charge in [-0.25, -0.2) is 0 Å². The molecule has 0 saturated heterocycles. The van der Waals surface area contributed by atoms with Crippen molar-refractivity contribution in [3.05, 3.63) is 23.5 Å². The zero-order chi connectivity index (χ0) is 9.14. The van der Waals surface area contributed by atoms with Gasteiger partial charge in [0.1, 0.15) is 5.75 Å². The summed E-state index contributed by atoms with van der Waals surface area (Å²) in [6.45, 7) is 3.62. The van der Waals surface area contributed by atoms with E-state index in [0.717, 1.165) is 11.4 Å². The Hall–Kier alpha value is -1.07. The maximum absolute atomic E-state index is 8.50. The second-order valence-electron chi connectivity index (χ2n) is 2.53. The maximum Gasteiger partial charge on any atom is 0.707 e. The summed E-state index contributed by atoms with van der Waals surface area (Å²) in [6.07, 6.45) is 0. The Morgan fingerprint density at radius 1 is 1.25 bits per heavy atom. The predicted molar refractivity (Wildman–Crippen MR) is 44.5 cm³/mol. The predicted octanol–water partition coefficient (Wildman–Crippen LogP) is 0.0467. The molecule has 1 heterocycles. The van der Waals surface area contributed by atoms with E-state index < -0.39 is 7.32 Å². The molecule has 0 bridgehead atoms. The smallest absolute Gasteiger partial charge is 0.512 e. The quantitative estimate of drug-likeness (QED) is 0.610. The molecule has 0 aromatic carbocycles. The number of nitrogens with zero attached hydrogens (tertiary/aromatic N) is 1. The molecule has 0 atom stereocenters. The fourth-order valence-corrected chi connectivity index (χ4v) is 0.986. The van der Waals surface area contributed by atoms with Crippen molar-refractivity contribution in [1.82, 2.24) is 4.98 Å². The van der Waals surface area contributed by atoms with E-state index in [2.05, 4.69) is 9.64 Å². The molecule has 12 heavy (non-hydrogen) atoms. The van der Waals surface area contributed by atoms with Crippen LogP contribution in [-0.2, 0) is 0 Å². The van der Waals surface area contributed by atoms with Crippen molar-refractivity contribution in [3.8, 4) is 5.75 Å². The Balaban J connectivity index is 2.85. The molecule has 0 aliphatic rings. The molecular formula is C7H10BNO3. The van der Waals surface area contributed by atoms with E-state index in [4.69, 9.17) is 10.0 Å². The molecule has 0 fully saturated rings. The summed E-state index contributed by atoms with van der Waals surface area (Å²) >= 11 is 0. The molecule has 1 aromatic heterocycles. The van der Waals surface area contributed by atoms with Crippen molar-refractivity contribution in [3.63, 3.8) is 0 Å². The van der Waals surface area contributed by atoms with E-state index in [1.807, 2.05) is 13.8 Å². The summed E-state index contributed by atoms with van der Waals surface area (Å²) in [5.41, 5.74) is 1.57. The summed E-state index contributed by atoms with van der Waals surface area (Å²) in [7, 11) is -1.77. The fraction of sp³-hybridized carbons (Fsp3) is 0.286. The molecule has 1 rings (SSSR count). The van der Waals surface area contributed by atoms with Gasteiger partial charge >= 0.3 is 7.32 Å². The van der Waals surface area contributed by atoms with Gasteiger partial charge in [-0.3, -0.25) is 4.98 Å². The lowest BCUT2D eigenvalue weighted by atomic mass is 10.2. The summed E-state index contributed by atoms with van der Waals surface area (Å²) in [4.78, 5) is 4.10. The minimum atomic E-state index is -1.77. The maximum atomic E-state index is 8.50. The molecule has 0 radical (unpaired) electrons. The summed E-state index contributed by atoms with van der Waals surface area (Å²) < 4.78 is 4.65. The zero-order valence-electron chi connectivity index (χ0n) is 6.98. The Morgan fingerprint density at radius 2 is 1.75 bits per heavy atom. The lowest BCUT2D eigenvalue weighted by Gasteiger charge is -2.05. The summed E-state index contributed by atoms with van der Waals surface area (Å²) in [5, 5.41) is 17.0. The summed E-state index contributed by atoms with van der Waals surface area (Å²) in [6, 6.07) is 3.26. The highest BCUT2D eigenvalue weighted by molar-refractivity contribution is 6.33. The SMILES string of the molecule is Cc1cc(OB(O)O)cc(C)n1. The van der Waals surface area contributed by atoms with Crippen LogP contribution in [0.4, 0.5) is 0 Å². The largest absolute Gasteiger partial charge is 0.707 e. The second-order valence-corrected chi connectivity index (χ2v) is 2.53. The first-order valence-electron chi connectivity index (χ1n) is 3.56. The highest BCUT2D eigenvalue weighted by Crippen LogP contribution is 2.13. The van der Waals surface area contributed by atoms with Crippen LogP contribution < -0.4 is 4.65 Å². The van der Waals surface area contributed by atoms with Crippen LogP contribution in [0.25, 0.3) is 0 Å². The molecule has 0 unspecified atom stereocenters.